The quantitative estimate of drug-likeness (QED) is 0.635. The van der Waals surface area contributed by atoms with Crippen LogP contribution in [0.25, 0.3) is 0 Å². The van der Waals surface area contributed by atoms with Crippen molar-refractivity contribution in [2.24, 2.45) is 10.8 Å². The van der Waals surface area contributed by atoms with Gasteiger partial charge in [0.05, 0.1) is 5.41 Å². The average Bonchev–Trinajstić information content (AvgIpc) is 2.05. The van der Waals surface area contributed by atoms with E-state index in [0.717, 1.165) is 0 Å². The van der Waals surface area contributed by atoms with Gasteiger partial charge in [-0.15, -0.1) is 0 Å². The van der Waals surface area contributed by atoms with Crippen molar-refractivity contribution in [2.75, 3.05) is 0 Å². The van der Waals surface area contributed by atoms with Crippen LogP contribution in [0.1, 0.15) is 53.9 Å². The van der Waals surface area contributed by atoms with Crippen molar-refractivity contribution in [1.29, 1.82) is 0 Å². The molecule has 0 unspecified atom stereocenters. The van der Waals surface area contributed by atoms with E-state index in [-0.39, 0.29) is 11.2 Å². The van der Waals surface area contributed by atoms with Gasteiger partial charge in [-0.1, -0.05) is 34.6 Å². The number of carbonyl (C=O) groups is 1. The van der Waals surface area contributed by atoms with Gasteiger partial charge in [-0.25, -0.2) is 0 Å². The third-order valence-corrected chi connectivity index (χ3v) is 2.63. The maximum Gasteiger partial charge on any atom is 0.212 e. The molecule has 0 heterocycles. The van der Waals surface area contributed by atoms with Crippen molar-refractivity contribution in [3.8, 4) is 0 Å². The molecule has 0 aromatic heterocycles. The second kappa shape index (κ2) is 4.72. The Morgan fingerprint density at radius 1 is 1.14 bits per heavy atom. The van der Waals surface area contributed by atoms with Crippen LogP contribution in [0.4, 0.5) is 0 Å². The fourth-order valence-corrected chi connectivity index (χ4v) is 1.50. The molecule has 0 aliphatic carbocycles. The van der Waals surface area contributed by atoms with Crippen molar-refractivity contribution >= 4 is 12.1 Å². The highest BCUT2D eigenvalue weighted by atomic mass is 16.1. The first-order valence-electron chi connectivity index (χ1n) is 5.24. The van der Waals surface area contributed by atoms with Crippen molar-refractivity contribution in [2.45, 2.75) is 53.9 Å². The average molecular weight is 197 g/mol. The van der Waals surface area contributed by atoms with E-state index in [4.69, 9.17) is 0 Å². The summed E-state index contributed by atoms with van der Waals surface area (Å²) < 4.78 is 0. The largest absolute Gasteiger partial charge is 0.299 e. The fourth-order valence-electron chi connectivity index (χ4n) is 1.50. The maximum absolute atomic E-state index is 11.9. The van der Waals surface area contributed by atoms with Crippen LogP contribution in [0.15, 0.2) is 0 Å². The lowest BCUT2D eigenvalue weighted by atomic mass is 9.74. The number of carbonyl (C=O) groups excluding carboxylic acids is 2. The highest BCUT2D eigenvalue weighted by Gasteiger charge is 2.36. The first kappa shape index (κ1) is 13.3. The molecule has 0 amide bonds. The molecule has 2 nitrogen and oxygen atoms in total. The maximum atomic E-state index is 11.9. The molecule has 0 N–H and O–H groups in total. The minimum Gasteiger partial charge on any atom is -0.299 e. The number of Topliss-reactive ketones (excluding diaryl/α,β-unsaturated/α-hetero) is 1. The molecule has 0 saturated heterocycles. The van der Waals surface area contributed by atoms with Crippen LogP contribution >= 0.6 is 0 Å². The molecule has 1 radical (unpaired) electrons. The van der Waals surface area contributed by atoms with Gasteiger partial charge in [-0.3, -0.25) is 9.59 Å². The van der Waals surface area contributed by atoms with Gasteiger partial charge >= 0.3 is 0 Å². The van der Waals surface area contributed by atoms with Crippen LogP contribution in [0.3, 0.4) is 0 Å². The minimum absolute atomic E-state index is 0.0324. The van der Waals surface area contributed by atoms with Crippen molar-refractivity contribution in [3.05, 3.63) is 0 Å². The second-order valence-electron chi connectivity index (χ2n) is 5.05. The van der Waals surface area contributed by atoms with E-state index < -0.39 is 5.41 Å². The Bertz CT molecular complexity index is 207. The summed E-state index contributed by atoms with van der Waals surface area (Å²) in [7, 11) is 0. The number of hydrogen-bond donors (Lipinski definition) is 0. The lowest BCUT2D eigenvalue weighted by Gasteiger charge is -2.26. The topological polar surface area (TPSA) is 34.1 Å². The highest BCUT2D eigenvalue weighted by molar-refractivity contribution is 5.98. The van der Waals surface area contributed by atoms with Gasteiger partial charge in [0, 0.05) is 6.42 Å². The van der Waals surface area contributed by atoms with Gasteiger partial charge in [0.1, 0.15) is 5.78 Å². The van der Waals surface area contributed by atoms with Crippen LogP contribution in [0, 0.1) is 10.8 Å². The molecular weight excluding hydrogens is 176 g/mol. The van der Waals surface area contributed by atoms with E-state index in [1.54, 1.807) is 0 Å². The summed E-state index contributed by atoms with van der Waals surface area (Å²) in [5.41, 5.74) is -0.906. The third-order valence-electron chi connectivity index (χ3n) is 2.63. The number of hydrogen-bond acceptors (Lipinski definition) is 2. The van der Waals surface area contributed by atoms with E-state index >= 15 is 0 Å². The van der Waals surface area contributed by atoms with Crippen molar-refractivity contribution < 1.29 is 9.59 Å². The SMILES string of the molecule is CCC([C]=O)(CC)C(=O)CC(C)(C)C. The standard InChI is InChI=1S/C12H21O2/c1-6-12(7-2,9-13)10(14)8-11(3,4)5/h6-8H2,1-5H3. The van der Waals surface area contributed by atoms with Crippen molar-refractivity contribution in [3.63, 3.8) is 0 Å². The molecule has 0 bridgehead atoms. The summed E-state index contributed by atoms with van der Waals surface area (Å²) >= 11 is 0. The number of rotatable bonds is 5. The normalized spacial score (nSPS) is 12.6. The molecule has 14 heavy (non-hydrogen) atoms. The van der Waals surface area contributed by atoms with Gasteiger partial charge in [0.15, 0.2) is 0 Å². The first-order valence-corrected chi connectivity index (χ1v) is 5.24. The summed E-state index contributed by atoms with van der Waals surface area (Å²) in [6, 6.07) is 0. The smallest absolute Gasteiger partial charge is 0.212 e. The van der Waals surface area contributed by atoms with Gasteiger partial charge in [0.2, 0.25) is 6.29 Å². The minimum atomic E-state index is -0.854. The molecular formula is C12H21O2. The van der Waals surface area contributed by atoms with Crippen molar-refractivity contribution in [1.82, 2.24) is 0 Å². The van der Waals surface area contributed by atoms with Gasteiger partial charge < -0.3 is 0 Å². The predicted octanol–water partition coefficient (Wildman–Crippen LogP) is 2.91. The lowest BCUT2D eigenvalue weighted by Crippen LogP contribution is -2.34. The first-order chi connectivity index (χ1) is 6.31. The molecule has 2 heteroatoms. The zero-order chi connectivity index (χ0) is 11.4. The molecule has 0 aromatic rings. The van der Waals surface area contributed by atoms with E-state index in [9.17, 15) is 9.59 Å². The Kier molecular flexibility index (Phi) is 4.50. The molecule has 81 valence electrons. The predicted molar refractivity (Wildman–Crippen MR) is 57.8 cm³/mol. The van der Waals surface area contributed by atoms with E-state index in [1.165, 1.54) is 0 Å². The van der Waals surface area contributed by atoms with Gasteiger partial charge in [0.25, 0.3) is 0 Å². The molecule has 0 aliphatic heterocycles. The molecule has 0 saturated carbocycles. The van der Waals surface area contributed by atoms with Crippen LogP contribution < -0.4 is 0 Å². The number of ketones is 1. The Balaban J connectivity index is 4.70. The second-order valence-corrected chi connectivity index (χ2v) is 5.05. The van der Waals surface area contributed by atoms with E-state index in [1.807, 2.05) is 40.9 Å². The molecule has 0 aromatic carbocycles. The fraction of sp³-hybridized carbons (Fsp3) is 0.833. The van der Waals surface area contributed by atoms with Crippen LogP contribution in [-0.2, 0) is 9.59 Å². The van der Waals surface area contributed by atoms with Crippen LogP contribution in [0.2, 0.25) is 0 Å². The Morgan fingerprint density at radius 2 is 1.57 bits per heavy atom. The van der Waals surface area contributed by atoms with Crippen LogP contribution in [-0.4, -0.2) is 12.1 Å². The summed E-state index contributed by atoms with van der Waals surface area (Å²) in [5.74, 6) is 0.0324. The van der Waals surface area contributed by atoms with Crippen LogP contribution in [0.5, 0.6) is 0 Å². The summed E-state index contributed by atoms with van der Waals surface area (Å²) in [5, 5.41) is 0. The summed E-state index contributed by atoms with van der Waals surface area (Å²) in [6.45, 7) is 9.76. The Morgan fingerprint density at radius 3 is 1.79 bits per heavy atom. The lowest BCUT2D eigenvalue weighted by molar-refractivity contribution is -0.127. The molecule has 0 atom stereocenters. The third kappa shape index (κ3) is 3.24. The molecule has 0 aliphatic rings. The van der Waals surface area contributed by atoms with Gasteiger partial charge in [-0.2, -0.15) is 0 Å². The summed E-state index contributed by atoms with van der Waals surface area (Å²) in [4.78, 5) is 22.8. The summed E-state index contributed by atoms with van der Waals surface area (Å²) in [6.07, 6.45) is 3.50. The molecule has 0 fully saturated rings. The Hall–Kier alpha value is -0.660. The molecule has 0 rings (SSSR count). The molecule has 0 spiro atoms. The zero-order valence-electron chi connectivity index (χ0n) is 9.94. The zero-order valence-corrected chi connectivity index (χ0v) is 9.94. The highest BCUT2D eigenvalue weighted by Crippen LogP contribution is 2.31. The van der Waals surface area contributed by atoms with E-state index in [2.05, 4.69) is 0 Å². The Labute approximate surface area is 87.1 Å². The monoisotopic (exact) mass is 197 g/mol. The van der Waals surface area contributed by atoms with Gasteiger partial charge in [-0.05, 0) is 18.3 Å². The van der Waals surface area contributed by atoms with E-state index in [0.29, 0.717) is 19.3 Å².